The topological polar surface area (TPSA) is 81.3 Å². The van der Waals surface area contributed by atoms with E-state index in [9.17, 15) is 9.59 Å². The highest BCUT2D eigenvalue weighted by Crippen LogP contribution is 2.28. The van der Waals surface area contributed by atoms with Crippen LogP contribution in [0.3, 0.4) is 0 Å². The van der Waals surface area contributed by atoms with Crippen molar-refractivity contribution in [3.8, 4) is 5.75 Å². The molecule has 0 fully saturated rings. The fraction of sp³-hybridized carbons (Fsp3) is 0.211. The third-order valence-electron chi connectivity index (χ3n) is 3.84. The normalized spacial score (nSPS) is 11.2. The van der Waals surface area contributed by atoms with Crippen LogP contribution in [-0.4, -0.2) is 29.7 Å². The first-order valence-electron chi connectivity index (χ1n) is 8.06. The molecule has 2 heterocycles. The van der Waals surface area contributed by atoms with Crippen molar-refractivity contribution < 1.29 is 14.3 Å². The highest BCUT2D eigenvalue weighted by Gasteiger charge is 2.19. The Kier molecular flexibility index (Phi) is 5.18. The van der Waals surface area contributed by atoms with E-state index in [0.717, 1.165) is 11.3 Å². The maximum absolute atomic E-state index is 12.4. The number of aromatic amines is 1. The lowest BCUT2D eigenvalue weighted by molar-refractivity contribution is 0.0531. The minimum absolute atomic E-state index is 0.279. The Bertz CT molecular complexity index is 1050. The van der Waals surface area contributed by atoms with E-state index in [0.29, 0.717) is 26.5 Å². The number of benzene rings is 1. The van der Waals surface area contributed by atoms with Gasteiger partial charge in [0, 0.05) is 5.56 Å². The van der Waals surface area contributed by atoms with Crippen LogP contribution in [0.25, 0.3) is 22.4 Å². The molecular weight excluding hydrogens is 352 g/mol. The van der Waals surface area contributed by atoms with Gasteiger partial charge in [0.2, 0.25) is 0 Å². The lowest BCUT2D eigenvalue weighted by Crippen LogP contribution is -2.10. The van der Waals surface area contributed by atoms with Crippen LogP contribution in [0.4, 0.5) is 0 Å². The fourth-order valence-corrected chi connectivity index (χ4v) is 3.69. The average Bonchev–Trinajstić information content (AvgIpc) is 2.97. The van der Waals surface area contributed by atoms with Gasteiger partial charge in [0.05, 0.1) is 19.1 Å². The predicted octanol–water partition coefficient (Wildman–Crippen LogP) is 3.65. The first kappa shape index (κ1) is 17.9. The molecule has 0 aliphatic carbocycles. The van der Waals surface area contributed by atoms with Gasteiger partial charge in [-0.25, -0.2) is 9.78 Å². The second-order valence-corrected chi connectivity index (χ2v) is 6.48. The molecule has 0 bridgehead atoms. The SMILES string of the molecule is CCOC(=O)c1sc2nc(/C=C/c3ccccc3OC)[nH]c(=O)c2c1C. The Balaban J connectivity index is 2.02. The lowest BCUT2D eigenvalue weighted by atomic mass is 10.2. The number of aromatic nitrogens is 2. The predicted molar refractivity (Wildman–Crippen MR) is 103 cm³/mol. The van der Waals surface area contributed by atoms with E-state index in [4.69, 9.17) is 9.47 Å². The number of aryl methyl sites for hydroxylation is 1. The van der Waals surface area contributed by atoms with Crippen LogP contribution >= 0.6 is 11.3 Å². The Hall–Kier alpha value is -2.93. The van der Waals surface area contributed by atoms with E-state index in [1.165, 1.54) is 11.3 Å². The van der Waals surface area contributed by atoms with E-state index in [-0.39, 0.29) is 12.2 Å². The highest BCUT2D eigenvalue weighted by atomic mass is 32.1. The average molecular weight is 370 g/mol. The molecule has 0 spiro atoms. The molecule has 0 unspecified atom stereocenters. The number of esters is 1. The number of nitrogens with one attached hydrogen (secondary N) is 1. The van der Waals surface area contributed by atoms with Gasteiger partial charge in [0.25, 0.3) is 5.56 Å². The second-order valence-electron chi connectivity index (χ2n) is 5.48. The van der Waals surface area contributed by atoms with Crippen molar-refractivity contribution in [3.63, 3.8) is 0 Å². The second kappa shape index (κ2) is 7.53. The molecule has 1 aromatic carbocycles. The summed E-state index contributed by atoms with van der Waals surface area (Å²) in [6.45, 7) is 3.75. The number of rotatable bonds is 5. The first-order valence-corrected chi connectivity index (χ1v) is 8.88. The van der Waals surface area contributed by atoms with E-state index in [1.54, 1.807) is 27.0 Å². The molecule has 0 amide bonds. The molecular formula is C19H18N2O4S. The Morgan fingerprint density at radius 3 is 2.81 bits per heavy atom. The van der Waals surface area contributed by atoms with Gasteiger partial charge in [-0.05, 0) is 37.6 Å². The van der Waals surface area contributed by atoms with Crippen LogP contribution in [-0.2, 0) is 4.74 Å². The van der Waals surface area contributed by atoms with Crippen LogP contribution in [0.2, 0.25) is 0 Å². The fourth-order valence-electron chi connectivity index (χ4n) is 2.60. The molecule has 0 radical (unpaired) electrons. The van der Waals surface area contributed by atoms with Gasteiger partial charge in [-0.3, -0.25) is 4.79 Å². The van der Waals surface area contributed by atoms with Crippen molar-refractivity contribution in [1.82, 2.24) is 9.97 Å². The quantitative estimate of drug-likeness (QED) is 0.693. The molecule has 0 saturated heterocycles. The number of carbonyl (C=O) groups is 1. The van der Waals surface area contributed by atoms with Gasteiger partial charge in [-0.15, -0.1) is 11.3 Å². The molecule has 7 heteroatoms. The highest BCUT2D eigenvalue weighted by molar-refractivity contribution is 7.20. The van der Waals surface area contributed by atoms with Gasteiger partial charge in [-0.2, -0.15) is 0 Å². The van der Waals surface area contributed by atoms with Crippen LogP contribution in [0.5, 0.6) is 5.75 Å². The van der Waals surface area contributed by atoms with Gasteiger partial charge in [0.1, 0.15) is 21.3 Å². The standard InChI is InChI=1S/C19H18N2O4S/c1-4-25-19(23)16-11(2)15-17(22)20-14(21-18(15)26-16)10-9-12-7-5-6-8-13(12)24-3/h5-10H,4H2,1-3H3,(H,20,21,22)/b10-9+. The number of nitrogens with zero attached hydrogens (tertiary/aromatic N) is 1. The monoisotopic (exact) mass is 370 g/mol. The molecule has 3 aromatic rings. The molecule has 0 atom stereocenters. The maximum Gasteiger partial charge on any atom is 0.348 e. The van der Waals surface area contributed by atoms with Crippen molar-refractivity contribution in [1.29, 1.82) is 0 Å². The molecule has 0 aliphatic rings. The molecule has 6 nitrogen and oxygen atoms in total. The zero-order valence-electron chi connectivity index (χ0n) is 14.7. The third-order valence-corrected chi connectivity index (χ3v) is 5.01. The number of carbonyl (C=O) groups excluding carboxylic acids is 1. The third kappa shape index (κ3) is 3.39. The Morgan fingerprint density at radius 2 is 2.08 bits per heavy atom. The summed E-state index contributed by atoms with van der Waals surface area (Å²) >= 11 is 1.17. The van der Waals surface area contributed by atoms with Crippen molar-refractivity contribution in [2.75, 3.05) is 13.7 Å². The van der Waals surface area contributed by atoms with Crippen LogP contribution in [0.15, 0.2) is 29.1 Å². The van der Waals surface area contributed by atoms with Crippen LogP contribution in [0.1, 0.15) is 33.5 Å². The summed E-state index contributed by atoms with van der Waals surface area (Å²) in [5.74, 6) is 0.701. The van der Waals surface area contributed by atoms with Crippen LogP contribution < -0.4 is 10.3 Å². The molecule has 2 aromatic heterocycles. The molecule has 1 N–H and O–H groups in total. The zero-order valence-corrected chi connectivity index (χ0v) is 15.5. The Labute approximate surface area is 154 Å². The minimum atomic E-state index is -0.432. The largest absolute Gasteiger partial charge is 0.496 e. The summed E-state index contributed by atoms with van der Waals surface area (Å²) in [5, 5.41) is 0.424. The van der Waals surface area contributed by atoms with Gasteiger partial charge < -0.3 is 14.5 Å². The smallest absolute Gasteiger partial charge is 0.348 e. The maximum atomic E-state index is 12.4. The van der Waals surface area contributed by atoms with Gasteiger partial charge >= 0.3 is 5.97 Å². The summed E-state index contributed by atoms with van der Waals surface area (Å²) in [5.41, 5.74) is 1.18. The summed E-state index contributed by atoms with van der Waals surface area (Å²) in [6, 6.07) is 7.54. The molecule has 26 heavy (non-hydrogen) atoms. The number of H-pyrrole nitrogens is 1. The number of methoxy groups -OCH3 is 1. The molecule has 0 saturated carbocycles. The van der Waals surface area contributed by atoms with Crippen molar-refractivity contribution in [2.45, 2.75) is 13.8 Å². The summed E-state index contributed by atoms with van der Waals surface area (Å²) < 4.78 is 10.3. The van der Waals surface area contributed by atoms with E-state index < -0.39 is 5.97 Å². The lowest BCUT2D eigenvalue weighted by Gasteiger charge is -2.03. The van der Waals surface area contributed by atoms with E-state index in [2.05, 4.69) is 9.97 Å². The molecule has 0 aliphatic heterocycles. The Morgan fingerprint density at radius 1 is 1.31 bits per heavy atom. The number of para-hydroxylation sites is 1. The number of thiophene rings is 1. The number of hydrogen-bond donors (Lipinski definition) is 1. The summed E-state index contributed by atoms with van der Waals surface area (Å²) in [4.78, 5) is 32.6. The van der Waals surface area contributed by atoms with Crippen LogP contribution in [0, 0.1) is 6.92 Å². The van der Waals surface area contributed by atoms with Crippen molar-refractivity contribution >= 4 is 39.7 Å². The summed E-state index contributed by atoms with van der Waals surface area (Å²) in [6.07, 6.45) is 3.52. The van der Waals surface area contributed by atoms with Gasteiger partial charge in [-0.1, -0.05) is 18.2 Å². The summed E-state index contributed by atoms with van der Waals surface area (Å²) in [7, 11) is 1.60. The van der Waals surface area contributed by atoms with E-state index >= 15 is 0 Å². The zero-order chi connectivity index (χ0) is 18.7. The van der Waals surface area contributed by atoms with Gasteiger partial charge in [0.15, 0.2) is 0 Å². The molecule has 3 rings (SSSR count). The molecule has 134 valence electrons. The number of ether oxygens (including phenoxy) is 2. The van der Waals surface area contributed by atoms with Crippen molar-refractivity contribution in [2.24, 2.45) is 0 Å². The van der Waals surface area contributed by atoms with E-state index in [1.807, 2.05) is 30.3 Å². The number of hydrogen-bond acceptors (Lipinski definition) is 6. The minimum Gasteiger partial charge on any atom is -0.496 e. The van der Waals surface area contributed by atoms with Crippen molar-refractivity contribution in [3.05, 3.63) is 56.4 Å². The first-order chi connectivity index (χ1) is 12.5. The number of fused-ring (bicyclic) bond motifs is 1.